The molecule has 0 aliphatic heterocycles. The third-order valence-electron chi connectivity index (χ3n) is 2.36. The third-order valence-corrected chi connectivity index (χ3v) is 2.63. The van der Waals surface area contributed by atoms with Crippen molar-refractivity contribution in [3.63, 3.8) is 0 Å². The van der Waals surface area contributed by atoms with Gasteiger partial charge in [-0.2, -0.15) is 0 Å². The Kier molecular flexibility index (Phi) is 8.18. The van der Waals surface area contributed by atoms with Crippen molar-refractivity contribution in [2.45, 2.75) is 19.9 Å². The van der Waals surface area contributed by atoms with Crippen molar-refractivity contribution in [1.82, 2.24) is 10.3 Å². The van der Waals surface area contributed by atoms with Gasteiger partial charge in [-0.15, -0.1) is 0 Å². The van der Waals surface area contributed by atoms with Crippen molar-refractivity contribution in [2.75, 3.05) is 6.54 Å². The van der Waals surface area contributed by atoms with Crippen LogP contribution in [0.25, 0.3) is 6.08 Å². The zero-order chi connectivity index (χ0) is 15.1. The molecule has 0 spiro atoms. The average Bonchev–Trinajstić information content (AvgIpc) is 2.40. The molecule has 1 amide bonds. The predicted molar refractivity (Wildman–Crippen MR) is 78.2 cm³/mol. The Morgan fingerprint density at radius 1 is 1.57 bits per heavy atom. The molecular formula is C13H17ClFN3O3. The fourth-order valence-electron chi connectivity index (χ4n) is 1.26. The number of aliphatic carboxylic acids is 1. The number of carbonyl (C=O) groups is 2. The van der Waals surface area contributed by atoms with Gasteiger partial charge in [-0.05, 0) is 18.6 Å². The molecule has 1 rings (SSSR count). The lowest BCUT2D eigenvalue weighted by Crippen LogP contribution is -2.34. The molecule has 1 heterocycles. The van der Waals surface area contributed by atoms with Gasteiger partial charge < -0.3 is 16.2 Å². The number of aromatic nitrogens is 1. The third kappa shape index (κ3) is 6.33. The molecule has 1 aromatic heterocycles. The van der Waals surface area contributed by atoms with Crippen molar-refractivity contribution in [3.8, 4) is 0 Å². The van der Waals surface area contributed by atoms with E-state index < -0.39 is 23.7 Å². The van der Waals surface area contributed by atoms with Crippen LogP contribution in [0.5, 0.6) is 0 Å². The lowest BCUT2D eigenvalue weighted by molar-refractivity contribution is -0.138. The van der Waals surface area contributed by atoms with E-state index in [1.54, 1.807) is 0 Å². The van der Waals surface area contributed by atoms with Crippen molar-refractivity contribution in [2.24, 2.45) is 5.73 Å². The van der Waals surface area contributed by atoms with Crippen LogP contribution in [0.2, 0.25) is 5.15 Å². The quantitative estimate of drug-likeness (QED) is 0.544. The SMILES string of the molecule is C.N[C@@H](CCNC(=O)/C=C/c1ccnc(Cl)c1F)C(=O)O. The first kappa shape index (κ1) is 19.0. The zero-order valence-electron chi connectivity index (χ0n) is 10.3. The summed E-state index contributed by atoms with van der Waals surface area (Å²) in [6, 6.07) is 0.335. The zero-order valence-corrected chi connectivity index (χ0v) is 11.1. The Morgan fingerprint density at radius 3 is 2.86 bits per heavy atom. The summed E-state index contributed by atoms with van der Waals surface area (Å²) in [5.41, 5.74) is 5.39. The molecule has 0 aromatic carbocycles. The second kappa shape index (κ2) is 9.04. The first-order chi connectivity index (χ1) is 9.41. The molecule has 0 radical (unpaired) electrons. The number of nitrogens with two attached hydrogens (primary N) is 1. The average molecular weight is 318 g/mol. The van der Waals surface area contributed by atoms with Crippen LogP contribution in [0.4, 0.5) is 4.39 Å². The first-order valence-electron chi connectivity index (χ1n) is 5.66. The minimum Gasteiger partial charge on any atom is -0.480 e. The topological polar surface area (TPSA) is 105 Å². The lowest BCUT2D eigenvalue weighted by atomic mass is 10.2. The molecule has 0 saturated heterocycles. The van der Waals surface area contributed by atoms with Crippen LogP contribution >= 0.6 is 11.6 Å². The number of carboxylic acid groups (broad SMARTS) is 1. The van der Waals surface area contributed by atoms with E-state index in [0.29, 0.717) is 0 Å². The highest BCUT2D eigenvalue weighted by Crippen LogP contribution is 2.15. The van der Waals surface area contributed by atoms with Crippen molar-refractivity contribution in [1.29, 1.82) is 0 Å². The largest absolute Gasteiger partial charge is 0.480 e. The Hall–Kier alpha value is -1.99. The molecular weight excluding hydrogens is 301 g/mol. The standard InChI is InChI=1S/C12H13ClFN3O3.CH4/c13-11-10(14)7(3-5-17-11)1-2-9(18)16-6-4-8(15)12(19)20;/h1-3,5,8H,4,6,15H2,(H,16,18)(H,19,20);1H4/b2-1+;/t8-;/m0./s1. The van der Waals surface area contributed by atoms with Gasteiger partial charge in [0.1, 0.15) is 6.04 Å². The maximum Gasteiger partial charge on any atom is 0.320 e. The number of carboxylic acids is 1. The summed E-state index contributed by atoms with van der Waals surface area (Å²) in [6.07, 6.45) is 3.77. The predicted octanol–water partition coefficient (Wildman–Crippen LogP) is 1.44. The fraction of sp³-hybridized carbons (Fsp3) is 0.308. The summed E-state index contributed by atoms with van der Waals surface area (Å²) in [6.45, 7) is 0.107. The smallest absolute Gasteiger partial charge is 0.320 e. The second-order valence-electron chi connectivity index (χ2n) is 3.86. The van der Waals surface area contributed by atoms with E-state index >= 15 is 0 Å². The maximum atomic E-state index is 13.4. The highest BCUT2D eigenvalue weighted by Gasteiger charge is 2.10. The van der Waals surface area contributed by atoms with Gasteiger partial charge in [0.05, 0.1) is 0 Å². The van der Waals surface area contributed by atoms with Crippen LogP contribution in [0, 0.1) is 5.82 Å². The summed E-state index contributed by atoms with van der Waals surface area (Å²) < 4.78 is 13.4. The van der Waals surface area contributed by atoms with Gasteiger partial charge in [-0.1, -0.05) is 19.0 Å². The van der Waals surface area contributed by atoms with Crippen LogP contribution in [0.15, 0.2) is 18.3 Å². The van der Waals surface area contributed by atoms with E-state index in [-0.39, 0.29) is 31.1 Å². The van der Waals surface area contributed by atoms with E-state index in [4.69, 9.17) is 22.4 Å². The van der Waals surface area contributed by atoms with Gasteiger partial charge in [0.25, 0.3) is 0 Å². The Bertz CT molecular complexity index is 537. The molecule has 21 heavy (non-hydrogen) atoms. The molecule has 0 bridgehead atoms. The van der Waals surface area contributed by atoms with Crippen LogP contribution in [-0.4, -0.2) is 34.6 Å². The number of pyridine rings is 1. The number of nitrogens with one attached hydrogen (secondary N) is 1. The highest BCUT2D eigenvalue weighted by molar-refractivity contribution is 6.29. The summed E-state index contributed by atoms with van der Waals surface area (Å²) in [5.74, 6) is -2.34. The van der Waals surface area contributed by atoms with Crippen molar-refractivity contribution in [3.05, 3.63) is 34.9 Å². The summed E-state index contributed by atoms with van der Waals surface area (Å²) in [5, 5.41) is 10.7. The van der Waals surface area contributed by atoms with E-state index in [1.807, 2.05) is 0 Å². The van der Waals surface area contributed by atoms with Crippen LogP contribution in [0.3, 0.4) is 0 Å². The minimum atomic E-state index is -1.14. The number of hydrogen-bond acceptors (Lipinski definition) is 4. The molecule has 4 N–H and O–H groups in total. The molecule has 1 aromatic rings. The van der Waals surface area contributed by atoms with Gasteiger partial charge in [-0.25, -0.2) is 9.37 Å². The molecule has 0 unspecified atom stereocenters. The van der Waals surface area contributed by atoms with Gasteiger partial charge in [-0.3, -0.25) is 9.59 Å². The van der Waals surface area contributed by atoms with Crippen LogP contribution in [0.1, 0.15) is 19.4 Å². The number of rotatable bonds is 6. The Labute approximate surface area is 126 Å². The molecule has 0 saturated carbocycles. The molecule has 6 nitrogen and oxygen atoms in total. The van der Waals surface area contributed by atoms with Crippen LogP contribution < -0.4 is 11.1 Å². The number of carbonyl (C=O) groups excluding carboxylic acids is 1. The van der Waals surface area contributed by atoms with E-state index in [1.165, 1.54) is 18.3 Å². The van der Waals surface area contributed by atoms with Crippen molar-refractivity contribution < 1.29 is 19.1 Å². The van der Waals surface area contributed by atoms with Gasteiger partial charge in [0.2, 0.25) is 5.91 Å². The Balaban J connectivity index is 0.00000400. The highest BCUT2D eigenvalue weighted by atomic mass is 35.5. The molecule has 1 atom stereocenters. The summed E-state index contributed by atoms with van der Waals surface area (Å²) in [4.78, 5) is 25.4. The number of halogens is 2. The molecule has 0 fully saturated rings. The Morgan fingerprint density at radius 2 is 2.24 bits per heavy atom. The molecule has 116 valence electrons. The second-order valence-corrected chi connectivity index (χ2v) is 4.22. The summed E-state index contributed by atoms with van der Waals surface area (Å²) in [7, 11) is 0. The van der Waals surface area contributed by atoms with E-state index in [2.05, 4.69) is 10.3 Å². The lowest BCUT2D eigenvalue weighted by Gasteiger charge is -2.06. The number of nitrogens with zero attached hydrogens (tertiary/aromatic N) is 1. The van der Waals surface area contributed by atoms with Crippen molar-refractivity contribution >= 4 is 29.6 Å². The van der Waals surface area contributed by atoms with Crippen LogP contribution in [-0.2, 0) is 9.59 Å². The molecule has 8 heteroatoms. The van der Waals surface area contributed by atoms with Gasteiger partial charge in [0, 0.05) is 24.4 Å². The first-order valence-corrected chi connectivity index (χ1v) is 6.04. The molecule has 0 aliphatic carbocycles. The number of hydrogen-bond donors (Lipinski definition) is 3. The monoisotopic (exact) mass is 317 g/mol. The minimum absolute atomic E-state index is 0. The van der Waals surface area contributed by atoms with E-state index in [9.17, 15) is 14.0 Å². The maximum absolute atomic E-state index is 13.4. The molecule has 0 aliphatic rings. The fourth-order valence-corrected chi connectivity index (χ4v) is 1.42. The van der Waals surface area contributed by atoms with Gasteiger partial charge >= 0.3 is 5.97 Å². The van der Waals surface area contributed by atoms with Gasteiger partial charge in [0.15, 0.2) is 11.0 Å². The summed E-state index contributed by atoms with van der Waals surface area (Å²) >= 11 is 5.49. The normalized spacial score (nSPS) is 11.8. The van der Waals surface area contributed by atoms with E-state index in [0.717, 1.165) is 6.08 Å². The number of amides is 1.